The Hall–Kier alpha value is -0.590. The van der Waals surface area contributed by atoms with E-state index < -0.39 is 0 Å². The number of nitrogens with two attached hydrogens (primary N) is 1. The number of halogens is 1. The molecule has 13 heavy (non-hydrogen) atoms. The van der Waals surface area contributed by atoms with Gasteiger partial charge in [0.05, 0.1) is 21.6 Å². The second kappa shape index (κ2) is 4.59. The highest BCUT2D eigenvalue weighted by atomic mass is 127. The van der Waals surface area contributed by atoms with E-state index in [-0.39, 0.29) is 11.9 Å². The Morgan fingerprint density at radius 1 is 1.85 bits per heavy atom. The Morgan fingerprint density at radius 2 is 2.54 bits per heavy atom. The Morgan fingerprint density at radius 3 is 2.92 bits per heavy atom. The van der Waals surface area contributed by atoms with Crippen LogP contribution in [0.3, 0.4) is 0 Å². The molecule has 0 radical (unpaired) electrons. The summed E-state index contributed by atoms with van der Waals surface area (Å²) in [6.45, 7) is 2.07. The standard InChI is InChI=1S/C8H13IN4/c1-2-7(3-8(10)11)13-5-6(9)4-12-13/h4-5,7H,2-3H2,1H3,(H3,10,11). The molecule has 0 aliphatic heterocycles. The normalized spacial score (nSPS) is 12.8. The molecule has 1 heterocycles. The molecule has 1 atom stereocenters. The number of amidine groups is 1. The van der Waals surface area contributed by atoms with Gasteiger partial charge < -0.3 is 5.73 Å². The van der Waals surface area contributed by atoms with E-state index in [1.54, 1.807) is 0 Å². The third-order valence-corrected chi connectivity index (χ3v) is 2.43. The number of rotatable bonds is 4. The van der Waals surface area contributed by atoms with Crippen LogP contribution in [0.5, 0.6) is 0 Å². The largest absolute Gasteiger partial charge is 0.388 e. The molecule has 0 amide bonds. The van der Waals surface area contributed by atoms with E-state index in [0.717, 1.165) is 9.99 Å². The summed E-state index contributed by atoms with van der Waals surface area (Å²) >= 11 is 2.22. The van der Waals surface area contributed by atoms with Crippen molar-refractivity contribution in [2.45, 2.75) is 25.8 Å². The summed E-state index contributed by atoms with van der Waals surface area (Å²) in [4.78, 5) is 0. The molecule has 0 saturated heterocycles. The predicted octanol–water partition coefficient (Wildman–Crippen LogP) is 1.76. The third kappa shape index (κ3) is 2.98. The minimum Gasteiger partial charge on any atom is -0.388 e. The van der Waals surface area contributed by atoms with Gasteiger partial charge in [-0.05, 0) is 29.0 Å². The van der Waals surface area contributed by atoms with Gasteiger partial charge in [-0.25, -0.2) is 0 Å². The van der Waals surface area contributed by atoms with Crippen LogP contribution in [0.1, 0.15) is 25.8 Å². The summed E-state index contributed by atoms with van der Waals surface area (Å²) in [7, 11) is 0. The van der Waals surface area contributed by atoms with E-state index in [9.17, 15) is 0 Å². The zero-order valence-electron chi connectivity index (χ0n) is 7.50. The van der Waals surface area contributed by atoms with E-state index >= 15 is 0 Å². The second-order valence-corrected chi connectivity index (χ2v) is 4.18. The minimum atomic E-state index is 0.220. The summed E-state index contributed by atoms with van der Waals surface area (Å²) in [5.74, 6) is 0.220. The molecule has 1 unspecified atom stereocenters. The van der Waals surface area contributed by atoms with Crippen LogP contribution in [-0.4, -0.2) is 15.6 Å². The number of hydrogen-bond acceptors (Lipinski definition) is 2. The van der Waals surface area contributed by atoms with Crippen LogP contribution in [0.25, 0.3) is 0 Å². The fourth-order valence-corrected chi connectivity index (χ4v) is 1.60. The lowest BCUT2D eigenvalue weighted by Crippen LogP contribution is -2.18. The lowest BCUT2D eigenvalue weighted by atomic mass is 10.1. The summed E-state index contributed by atoms with van der Waals surface area (Å²) in [6, 6.07) is 0.223. The fourth-order valence-electron chi connectivity index (χ4n) is 1.19. The molecule has 5 heteroatoms. The van der Waals surface area contributed by atoms with Crippen molar-refractivity contribution in [3.8, 4) is 0 Å². The zero-order valence-corrected chi connectivity index (χ0v) is 9.65. The van der Waals surface area contributed by atoms with Gasteiger partial charge in [0.1, 0.15) is 0 Å². The highest BCUT2D eigenvalue weighted by molar-refractivity contribution is 14.1. The Balaban J connectivity index is 2.72. The van der Waals surface area contributed by atoms with Gasteiger partial charge in [0.15, 0.2) is 0 Å². The van der Waals surface area contributed by atoms with E-state index in [0.29, 0.717) is 6.42 Å². The average Bonchev–Trinajstić information content (AvgIpc) is 2.47. The van der Waals surface area contributed by atoms with Gasteiger partial charge in [-0.3, -0.25) is 10.1 Å². The molecule has 0 spiro atoms. The summed E-state index contributed by atoms with van der Waals surface area (Å²) in [5.41, 5.74) is 5.35. The van der Waals surface area contributed by atoms with Crippen molar-refractivity contribution >= 4 is 28.4 Å². The molecule has 0 fully saturated rings. The van der Waals surface area contributed by atoms with Crippen molar-refractivity contribution in [2.24, 2.45) is 5.73 Å². The summed E-state index contributed by atoms with van der Waals surface area (Å²) < 4.78 is 2.99. The molecular formula is C8H13IN4. The van der Waals surface area contributed by atoms with Crippen LogP contribution in [0.4, 0.5) is 0 Å². The van der Waals surface area contributed by atoms with Crippen LogP contribution in [0.2, 0.25) is 0 Å². The molecule has 1 aromatic rings. The SMILES string of the molecule is CCC(CC(=N)N)n1cc(I)cn1. The molecule has 0 aliphatic rings. The first-order valence-corrected chi connectivity index (χ1v) is 5.24. The van der Waals surface area contributed by atoms with Crippen LogP contribution < -0.4 is 5.73 Å². The average molecular weight is 292 g/mol. The first-order chi connectivity index (χ1) is 6.13. The quantitative estimate of drug-likeness (QED) is 0.504. The van der Waals surface area contributed by atoms with Crippen molar-refractivity contribution in [1.82, 2.24) is 9.78 Å². The van der Waals surface area contributed by atoms with Gasteiger partial charge in [0, 0.05) is 12.6 Å². The van der Waals surface area contributed by atoms with E-state index in [2.05, 4.69) is 34.6 Å². The number of nitrogens with one attached hydrogen (secondary N) is 1. The maximum Gasteiger partial charge on any atom is 0.0926 e. The minimum absolute atomic E-state index is 0.220. The van der Waals surface area contributed by atoms with Crippen molar-refractivity contribution in [3.63, 3.8) is 0 Å². The Labute approximate surface area is 91.2 Å². The first-order valence-electron chi connectivity index (χ1n) is 4.16. The van der Waals surface area contributed by atoms with Gasteiger partial charge in [-0.1, -0.05) is 6.92 Å². The molecule has 4 nitrogen and oxygen atoms in total. The van der Waals surface area contributed by atoms with E-state index in [1.807, 2.05) is 17.1 Å². The Kier molecular flexibility index (Phi) is 3.71. The van der Waals surface area contributed by atoms with Gasteiger partial charge >= 0.3 is 0 Å². The lowest BCUT2D eigenvalue weighted by molar-refractivity contribution is 0.452. The molecule has 0 bridgehead atoms. The maximum atomic E-state index is 7.22. The predicted molar refractivity (Wildman–Crippen MR) is 60.8 cm³/mol. The van der Waals surface area contributed by atoms with Gasteiger partial charge in [0.2, 0.25) is 0 Å². The second-order valence-electron chi connectivity index (χ2n) is 2.93. The van der Waals surface area contributed by atoms with Gasteiger partial charge in [-0.2, -0.15) is 5.10 Å². The van der Waals surface area contributed by atoms with Crippen LogP contribution in [0, 0.1) is 8.98 Å². The molecule has 1 aromatic heterocycles. The van der Waals surface area contributed by atoms with Gasteiger partial charge in [-0.15, -0.1) is 0 Å². The molecule has 3 N–H and O–H groups in total. The molecule has 0 aromatic carbocycles. The molecule has 0 saturated carbocycles. The molecule has 1 rings (SSSR count). The van der Waals surface area contributed by atoms with Crippen molar-refractivity contribution in [2.75, 3.05) is 0 Å². The highest BCUT2D eigenvalue weighted by Crippen LogP contribution is 2.15. The van der Waals surface area contributed by atoms with Crippen molar-refractivity contribution < 1.29 is 0 Å². The van der Waals surface area contributed by atoms with Gasteiger partial charge in [0.25, 0.3) is 0 Å². The molecular weight excluding hydrogens is 279 g/mol. The summed E-state index contributed by atoms with van der Waals surface area (Å²) in [5, 5.41) is 11.4. The maximum absolute atomic E-state index is 7.22. The number of aromatic nitrogens is 2. The van der Waals surface area contributed by atoms with Crippen LogP contribution in [0.15, 0.2) is 12.4 Å². The topological polar surface area (TPSA) is 67.7 Å². The molecule has 0 aliphatic carbocycles. The van der Waals surface area contributed by atoms with Crippen molar-refractivity contribution in [3.05, 3.63) is 16.0 Å². The monoisotopic (exact) mass is 292 g/mol. The van der Waals surface area contributed by atoms with E-state index in [4.69, 9.17) is 11.1 Å². The van der Waals surface area contributed by atoms with Crippen molar-refractivity contribution in [1.29, 1.82) is 5.41 Å². The van der Waals surface area contributed by atoms with E-state index in [1.165, 1.54) is 0 Å². The smallest absolute Gasteiger partial charge is 0.0926 e. The van der Waals surface area contributed by atoms with Crippen LogP contribution in [-0.2, 0) is 0 Å². The fraction of sp³-hybridized carbons (Fsp3) is 0.500. The lowest BCUT2D eigenvalue weighted by Gasteiger charge is -2.13. The van der Waals surface area contributed by atoms with Crippen LogP contribution >= 0.6 is 22.6 Å². The molecule has 72 valence electrons. The zero-order chi connectivity index (χ0) is 9.84. The number of hydrogen-bond donors (Lipinski definition) is 2. The Bertz CT molecular complexity index is 294. The summed E-state index contributed by atoms with van der Waals surface area (Å²) in [6.07, 6.45) is 5.30. The highest BCUT2D eigenvalue weighted by Gasteiger charge is 2.10. The number of nitrogens with zero attached hydrogens (tertiary/aromatic N) is 2. The first kappa shape index (κ1) is 10.5. The third-order valence-electron chi connectivity index (χ3n) is 1.87.